The molecule has 1 heterocycles. The number of nitrogens with zero attached hydrogens (tertiary/aromatic N) is 2. The van der Waals surface area contributed by atoms with Crippen molar-refractivity contribution in [3.63, 3.8) is 0 Å². The molecule has 6 heteroatoms. The van der Waals surface area contributed by atoms with Crippen molar-refractivity contribution in [2.75, 3.05) is 6.54 Å². The number of hydroxylamine groups is 2. The number of hydrogen-bond acceptors (Lipinski definition) is 6. The first kappa shape index (κ1) is 28.5. The van der Waals surface area contributed by atoms with Crippen molar-refractivity contribution in [2.45, 2.75) is 78.6 Å². The van der Waals surface area contributed by atoms with E-state index in [2.05, 4.69) is 104 Å². The molecule has 0 saturated carbocycles. The monoisotopic (exact) mass is 529 g/mol. The minimum absolute atomic E-state index is 0.0680. The summed E-state index contributed by atoms with van der Waals surface area (Å²) in [4.78, 5) is 12.3. The predicted molar refractivity (Wildman–Crippen MR) is 157 cm³/mol. The van der Waals surface area contributed by atoms with Crippen LogP contribution in [0.5, 0.6) is 17.2 Å². The van der Waals surface area contributed by atoms with Crippen LogP contribution in [0.15, 0.2) is 84.8 Å². The average molecular weight is 530 g/mol. The van der Waals surface area contributed by atoms with E-state index in [9.17, 15) is 0 Å². The Labute approximate surface area is 234 Å². The molecule has 39 heavy (non-hydrogen) atoms. The van der Waals surface area contributed by atoms with Gasteiger partial charge >= 0.3 is 0 Å². The minimum atomic E-state index is 0.0680. The first-order valence-corrected chi connectivity index (χ1v) is 13.6. The zero-order valence-corrected chi connectivity index (χ0v) is 24.8. The van der Waals surface area contributed by atoms with Gasteiger partial charge in [0.15, 0.2) is 5.75 Å². The van der Waals surface area contributed by atoms with Gasteiger partial charge in [0.2, 0.25) is 0 Å². The fourth-order valence-electron chi connectivity index (χ4n) is 4.09. The molecule has 1 aliphatic heterocycles. The lowest BCUT2D eigenvalue weighted by atomic mass is 9.87. The summed E-state index contributed by atoms with van der Waals surface area (Å²) in [7, 11) is 0. The summed E-state index contributed by atoms with van der Waals surface area (Å²) >= 11 is 0. The van der Waals surface area contributed by atoms with Crippen LogP contribution in [0.1, 0.15) is 79.0 Å². The van der Waals surface area contributed by atoms with E-state index in [4.69, 9.17) is 14.4 Å². The molecule has 0 fully saturated rings. The lowest BCUT2D eigenvalue weighted by Gasteiger charge is -2.33. The van der Waals surface area contributed by atoms with Gasteiger partial charge in [-0.25, -0.2) is 0 Å². The molecule has 0 aliphatic carbocycles. The number of hydrogen-bond donors (Lipinski definition) is 1. The highest BCUT2D eigenvalue weighted by Crippen LogP contribution is 2.28. The third-order valence-corrected chi connectivity index (χ3v) is 6.60. The number of rotatable bonds is 6. The van der Waals surface area contributed by atoms with Crippen LogP contribution >= 0.6 is 0 Å². The van der Waals surface area contributed by atoms with Crippen molar-refractivity contribution in [3.05, 3.63) is 101 Å². The van der Waals surface area contributed by atoms with Crippen molar-refractivity contribution < 1.29 is 14.4 Å². The molecule has 1 aliphatic rings. The first-order chi connectivity index (χ1) is 18.2. The fourth-order valence-corrected chi connectivity index (χ4v) is 4.09. The Kier molecular flexibility index (Phi) is 8.01. The number of ether oxygens (including phenoxy) is 1. The summed E-state index contributed by atoms with van der Waals surface area (Å²) in [6.45, 7) is 20.1. The predicted octanol–water partition coefficient (Wildman–Crippen LogP) is 7.82. The maximum absolute atomic E-state index is 6.26. The van der Waals surface area contributed by atoms with Gasteiger partial charge in [-0.2, -0.15) is 0 Å². The molecule has 3 aromatic rings. The molecule has 0 unspecified atom stereocenters. The van der Waals surface area contributed by atoms with Crippen LogP contribution < -0.4 is 19.9 Å². The molecular formula is C33H43N3O3. The van der Waals surface area contributed by atoms with E-state index in [1.165, 1.54) is 21.9 Å². The van der Waals surface area contributed by atoms with Gasteiger partial charge in [-0.3, -0.25) is 0 Å². The number of nitrogens with one attached hydrogen (secondary N) is 1. The Morgan fingerprint density at radius 3 is 1.33 bits per heavy atom. The molecule has 0 atom stereocenters. The maximum Gasteiger partial charge on any atom is 0.157 e. The van der Waals surface area contributed by atoms with Gasteiger partial charge < -0.3 is 14.4 Å². The molecule has 0 saturated heterocycles. The van der Waals surface area contributed by atoms with Crippen molar-refractivity contribution in [3.8, 4) is 17.2 Å². The molecule has 0 bridgehead atoms. The smallest absolute Gasteiger partial charge is 0.157 e. The second-order valence-corrected chi connectivity index (χ2v) is 13.2. The lowest BCUT2D eigenvalue weighted by Crippen LogP contribution is -2.54. The second kappa shape index (κ2) is 10.9. The van der Waals surface area contributed by atoms with Crippen LogP contribution in [0.2, 0.25) is 0 Å². The van der Waals surface area contributed by atoms with Gasteiger partial charge in [0.25, 0.3) is 0 Å². The van der Waals surface area contributed by atoms with E-state index in [-0.39, 0.29) is 16.2 Å². The van der Waals surface area contributed by atoms with Gasteiger partial charge in [0.05, 0.1) is 6.20 Å². The van der Waals surface area contributed by atoms with Crippen molar-refractivity contribution in [1.29, 1.82) is 0 Å². The zero-order chi connectivity index (χ0) is 28.4. The Hall–Kier alpha value is -3.48. The van der Waals surface area contributed by atoms with E-state index in [1.807, 2.05) is 36.4 Å². The van der Waals surface area contributed by atoms with Crippen LogP contribution in [0.25, 0.3) is 0 Å². The third-order valence-electron chi connectivity index (χ3n) is 6.60. The molecule has 6 nitrogen and oxygen atoms in total. The minimum Gasteiger partial charge on any atom is -0.458 e. The third kappa shape index (κ3) is 7.78. The Bertz CT molecular complexity index is 1260. The highest BCUT2D eigenvalue weighted by atomic mass is 16.8. The Balaban J connectivity index is 1.53. The molecule has 208 valence electrons. The largest absolute Gasteiger partial charge is 0.458 e. The summed E-state index contributed by atoms with van der Waals surface area (Å²) in [5.74, 6) is 2.81. The van der Waals surface area contributed by atoms with Crippen molar-refractivity contribution in [1.82, 2.24) is 15.9 Å². The number of benzene rings is 3. The van der Waals surface area contributed by atoms with Crippen LogP contribution in [0.4, 0.5) is 0 Å². The average Bonchev–Trinajstić information content (AvgIpc) is 2.83. The summed E-state index contributed by atoms with van der Waals surface area (Å²) in [5, 5.41) is 3.09. The highest BCUT2D eigenvalue weighted by Gasteiger charge is 2.24. The van der Waals surface area contributed by atoms with Crippen LogP contribution in [-0.2, 0) is 16.2 Å². The molecule has 0 radical (unpaired) electrons. The summed E-state index contributed by atoms with van der Waals surface area (Å²) in [5.41, 5.74) is 7.10. The van der Waals surface area contributed by atoms with Gasteiger partial charge in [0, 0.05) is 0 Å². The molecule has 0 amide bonds. The fraction of sp³-hybridized carbons (Fsp3) is 0.394. The van der Waals surface area contributed by atoms with Crippen LogP contribution in [0, 0.1) is 0 Å². The number of hydrazine groups is 2. The SMILES string of the molecule is CC(C)(C)c1ccc(OC2=CN(Oc3ccc(C(C)(C)C)cc3)NN(Oc3ccc(C(C)(C)C)cc3)C2)cc1. The van der Waals surface area contributed by atoms with Crippen LogP contribution in [-0.4, -0.2) is 16.9 Å². The second-order valence-electron chi connectivity index (χ2n) is 13.2. The molecule has 3 aromatic carbocycles. The van der Waals surface area contributed by atoms with E-state index in [0.717, 1.165) is 5.75 Å². The zero-order valence-electron chi connectivity index (χ0n) is 24.8. The molecular weight excluding hydrogens is 486 g/mol. The quantitative estimate of drug-likeness (QED) is 0.351. The van der Waals surface area contributed by atoms with Gasteiger partial charge in [-0.1, -0.05) is 104 Å². The molecule has 0 aromatic heterocycles. The van der Waals surface area contributed by atoms with Crippen molar-refractivity contribution >= 4 is 0 Å². The summed E-state index contributed by atoms with van der Waals surface area (Å²) < 4.78 is 6.26. The topological polar surface area (TPSA) is 46.2 Å². The highest BCUT2D eigenvalue weighted by molar-refractivity contribution is 5.34. The summed E-state index contributed by atoms with van der Waals surface area (Å²) in [6.07, 6.45) is 1.79. The van der Waals surface area contributed by atoms with Crippen molar-refractivity contribution in [2.24, 2.45) is 0 Å². The molecule has 1 N–H and O–H groups in total. The summed E-state index contributed by atoms with van der Waals surface area (Å²) in [6, 6.07) is 24.4. The Morgan fingerprint density at radius 1 is 0.538 bits per heavy atom. The standard InChI is InChI=1S/C33H43N3O3/c1-31(2,3)24-10-16-27(17-11-24)37-30-22-35(38-28-18-12-25(13-19-28)32(4,5)6)34-36(23-30)39-29-20-14-26(15-21-29)33(7,8)9/h10-22,34H,23H2,1-9H3. The Morgan fingerprint density at radius 2 is 0.923 bits per heavy atom. The van der Waals surface area contributed by atoms with E-state index < -0.39 is 0 Å². The van der Waals surface area contributed by atoms with Gasteiger partial charge in [-0.15, -0.1) is 5.17 Å². The van der Waals surface area contributed by atoms with Gasteiger partial charge in [-0.05, 0) is 74.5 Å². The van der Waals surface area contributed by atoms with E-state index >= 15 is 0 Å². The van der Waals surface area contributed by atoms with E-state index in [1.54, 1.807) is 11.4 Å². The molecule has 0 spiro atoms. The van der Waals surface area contributed by atoms with Crippen LogP contribution in [0.3, 0.4) is 0 Å². The van der Waals surface area contributed by atoms with E-state index in [0.29, 0.717) is 23.8 Å². The van der Waals surface area contributed by atoms with Gasteiger partial charge in [0.1, 0.15) is 23.8 Å². The molecule has 4 rings (SSSR count). The lowest BCUT2D eigenvalue weighted by molar-refractivity contribution is -0.229. The maximum atomic E-state index is 6.26. The normalized spacial score (nSPS) is 15.1. The first-order valence-electron chi connectivity index (χ1n) is 13.6.